The standard InChI is InChI=1S/C13H24N2O2/c1-10(2)12(3)4-6-15(8-12)11(16)13(14)5-7-17-9-13/h10H,4-9,14H2,1-3H3/t12-,13?/m0/s1. The van der Waals surface area contributed by atoms with Gasteiger partial charge in [-0.2, -0.15) is 0 Å². The van der Waals surface area contributed by atoms with Gasteiger partial charge in [0.15, 0.2) is 0 Å². The maximum absolute atomic E-state index is 12.4. The Morgan fingerprint density at radius 3 is 2.59 bits per heavy atom. The molecule has 1 amide bonds. The van der Waals surface area contributed by atoms with Gasteiger partial charge < -0.3 is 15.4 Å². The summed E-state index contributed by atoms with van der Waals surface area (Å²) in [6.45, 7) is 9.38. The maximum atomic E-state index is 12.4. The minimum atomic E-state index is -0.762. The molecule has 0 radical (unpaired) electrons. The van der Waals surface area contributed by atoms with Crippen molar-refractivity contribution in [2.75, 3.05) is 26.3 Å². The summed E-state index contributed by atoms with van der Waals surface area (Å²) in [5.74, 6) is 0.674. The summed E-state index contributed by atoms with van der Waals surface area (Å²) in [5.41, 5.74) is 5.61. The second-order valence-electron chi connectivity index (χ2n) is 6.24. The number of rotatable bonds is 2. The number of amides is 1. The third-order valence-corrected chi connectivity index (χ3v) is 4.66. The molecule has 4 nitrogen and oxygen atoms in total. The van der Waals surface area contributed by atoms with Gasteiger partial charge in [-0.15, -0.1) is 0 Å². The Morgan fingerprint density at radius 2 is 2.12 bits per heavy atom. The van der Waals surface area contributed by atoms with Crippen LogP contribution in [-0.2, 0) is 9.53 Å². The van der Waals surface area contributed by atoms with Gasteiger partial charge >= 0.3 is 0 Å². The highest BCUT2D eigenvalue weighted by atomic mass is 16.5. The lowest BCUT2D eigenvalue weighted by atomic mass is 9.78. The molecule has 2 aliphatic rings. The van der Waals surface area contributed by atoms with E-state index < -0.39 is 5.54 Å². The lowest BCUT2D eigenvalue weighted by Crippen LogP contribution is -2.55. The Bertz CT molecular complexity index is 311. The van der Waals surface area contributed by atoms with Crippen molar-refractivity contribution >= 4 is 5.91 Å². The van der Waals surface area contributed by atoms with E-state index in [1.165, 1.54) is 0 Å². The van der Waals surface area contributed by atoms with Crippen molar-refractivity contribution in [2.45, 2.75) is 39.2 Å². The van der Waals surface area contributed by atoms with E-state index in [-0.39, 0.29) is 11.3 Å². The van der Waals surface area contributed by atoms with Crippen LogP contribution in [0.4, 0.5) is 0 Å². The number of carbonyl (C=O) groups excluding carboxylic acids is 1. The van der Waals surface area contributed by atoms with E-state index in [2.05, 4.69) is 20.8 Å². The lowest BCUT2D eigenvalue weighted by Gasteiger charge is -2.31. The van der Waals surface area contributed by atoms with Crippen LogP contribution >= 0.6 is 0 Å². The third kappa shape index (κ3) is 2.20. The molecule has 2 fully saturated rings. The van der Waals surface area contributed by atoms with Crippen molar-refractivity contribution in [1.82, 2.24) is 4.90 Å². The van der Waals surface area contributed by atoms with Crippen LogP contribution in [0, 0.1) is 11.3 Å². The molecular weight excluding hydrogens is 216 g/mol. The number of hydrogen-bond donors (Lipinski definition) is 1. The Hall–Kier alpha value is -0.610. The van der Waals surface area contributed by atoms with Gasteiger partial charge in [-0.25, -0.2) is 0 Å². The van der Waals surface area contributed by atoms with Crippen molar-refractivity contribution in [3.8, 4) is 0 Å². The van der Waals surface area contributed by atoms with E-state index in [1.54, 1.807) is 0 Å². The number of nitrogens with zero attached hydrogens (tertiary/aromatic N) is 1. The zero-order valence-corrected chi connectivity index (χ0v) is 11.2. The van der Waals surface area contributed by atoms with Gasteiger partial charge in [-0.1, -0.05) is 20.8 Å². The fraction of sp³-hybridized carbons (Fsp3) is 0.923. The molecule has 2 rings (SSSR count). The van der Waals surface area contributed by atoms with Crippen LogP contribution in [0.3, 0.4) is 0 Å². The van der Waals surface area contributed by atoms with Crippen molar-refractivity contribution in [1.29, 1.82) is 0 Å². The van der Waals surface area contributed by atoms with Gasteiger partial charge in [-0.05, 0) is 24.2 Å². The number of hydrogen-bond acceptors (Lipinski definition) is 3. The summed E-state index contributed by atoms with van der Waals surface area (Å²) in [6, 6.07) is 0. The highest BCUT2D eigenvalue weighted by Crippen LogP contribution is 2.38. The van der Waals surface area contributed by atoms with Crippen molar-refractivity contribution in [2.24, 2.45) is 17.1 Å². The Labute approximate surface area is 103 Å². The Balaban J connectivity index is 2.03. The van der Waals surface area contributed by atoms with E-state index in [9.17, 15) is 4.79 Å². The Morgan fingerprint density at radius 1 is 1.41 bits per heavy atom. The molecule has 2 saturated heterocycles. The van der Waals surface area contributed by atoms with Gasteiger partial charge in [0.05, 0.1) is 6.61 Å². The third-order valence-electron chi connectivity index (χ3n) is 4.66. The first-order chi connectivity index (χ1) is 7.87. The molecule has 2 aliphatic heterocycles. The molecule has 1 unspecified atom stereocenters. The molecule has 0 bridgehead atoms. The first kappa shape index (κ1) is 12.8. The van der Waals surface area contributed by atoms with E-state index in [0.717, 1.165) is 19.5 Å². The summed E-state index contributed by atoms with van der Waals surface area (Å²) >= 11 is 0. The molecule has 2 atom stereocenters. The van der Waals surface area contributed by atoms with Crippen molar-refractivity contribution in [3.63, 3.8) is 0 Å². The van der Waals surface area contributed by atoms with Crippen LogP contribution in [0.5, 0.6) is 0 Å². The largest absolute Gasteiger partial charge is 0.379 e. The van der Waals surface area contributed by atoms with Crippen molar-refractivity contribution < 1.29 is 9.53 Å². The summed E-state index contributed by atoms with van der Waals surface area (Å²) in [7, 11) is 0. The average Bonchev–Trinajstić information content (AvgIpc) is 2.86. The van der Waals surface area contributed by atoms with Crippen LogP contribution < -0.4 is 5.73 Å². The molecule has 17 heavy (non-hydrogen) atoms. The molecule has 0 aromatic heterocycles. The zero-order valence-electron chi connectivity index (χ0n) is 11.2. The van der Waals surface area contributed by atoms with Crippen LogP contribution in [-0.4, -0.2) is 42.6 Å². The first-order valence-corrected chi connectivity index (χ1v) is 6.53. The second-order valence-corrected chi connectivity index (χ2v) is 6.24. The SMILES string of the molecule is CC(C)[C@@]1(C)CCN(C(=O)C2(N)CCOC2)C1. The van der Waals surface area contributed by atoms with Gasteiger partial charge in [0.2, 0.25) is 5.91 Å². The highest BCUT2D eigenvalue weighted by Gasteiger charge is 2.46. The molecule has 2 heterocycles. The molecule has 4 heteroatoms. The fourth-order valence-corrected chi connectivity index (χ4v) is 2.69. The smallest absolute Gasteiger partial charge is 0.245 e. The molecule has 0 aromatic carbocycles. The van der Waals surface area contributed by atoms with Crippen LogP contribution in [0.25, 0.3) is 0 Å². The number of nitrogens with two attached hydrogens (primary N) is 1. The monoisotopic (exact) mass is 240 g/mol. The summed E-state index contributed by atoms with van der Waals surface area (Å²) in [5, 5.41) is 0. The Kier molecular flexibility index (Phi) is 3.21. The molecule has 2 N–H and O–H groups in total. The van der Waals surface area contributed by atoms with Gasteiger partial charge in [0, 0.05) is 19.7 Å². The summed E-state index contributed by atoms with van der Waals surface area (Å²) in [6.07, 6.45) is 1.73. The molecule has 0 spiro atoms. The fourth-order valence-electron chi connectivity index (χ4n) is 2.69. The van der Waals surface area contributed by atoms with Crippen LogP contribution in [0.2, 0.25) is 0 Å². The van der Waals surface area contributed by atoms with Crippen LogP contribution in [0.1, 0.15) is 33.6 Å². The summed E-state index contributed by atoms with van der Waals surface area (Å²) < 4.78 is 5.27. The molecular formula is C13H24N2O2. The molecule has 98 valence electrons. The quantitative estimate of drug-likeness (QED) is 0.783. The number of carbonyl (C=O) groups is 1. The predicted octanol–water partition coefficient (Wildman–Crippen LogP) is 0.999. The minimum absolute atomic E-state index is 0.0828. The minimum Gasteiger partial charge on any atom is -0.379 e. The van der Waals surface area contributed by atoms with Gasteiger partial charge in [0.25, 0.3) is 0 Å². The van der Waals surface area contributed by atoms with Crippen molar-refractivity contribution in [3.05, 3.63) is 0 Å². The number of ether oxygens (including phenoxy) is 1. The van der Waals surface area contributed by atoms with E-state index in [4.69, 9.17) is 10.5 Å². The molecule has 0 aromatic rings. The zero-order chi connectivity index (χ0) is 12.7. The second kappa shape index (κ2) is 4.25. The summed E-state index contributed by atoms with van der Waals surface area (Å²) in [4.78, 5) is 14.3. The molecule has 0 saturated carbocycles. The molecule has 0 aliphatic carbocycles. The normalized spacial score (nSPS) is 38.1. The average molecular weight is 240 g/mol. The van der Waals surface area contributed by atoms with Crippen LogP contribution in [0.15, 0.2) is 0 Å². The van der Waals surface area contributed by atoms with E-state index in [1.807, 2.05) is 4.90 Å². The maximum Gasteiger partial charge on any atom is 0.245 e. The van der Waals surface area contributed by atoms with Gasteiger partial charge in [0.1, 0.15) is 5.54 Å². The lowest BCUT2D eigenvalue weighted by molar-refractivity contribution is -0.136. The van der Waals surface area contributed by atoms with Gasteiger partial charge in [-0.3, -0.25) is 4.79 Å². The van der Waals surface area contributed by atoms with E-state index in [0.29, 0.717) is 25.6 Å². The highest BCUT2D eigenvalue weighted by molar-refractivity contribution is 5.87. The topological polar surface area (TPSA) is 55.6 Å². The number of likely N-dealkylation sites (tertiary alicyclic amines) is 1. The first-order valence-electron chi connectivity index (χ1n) is 6.53. The predicted molar refractivity (Wildman–Crippen MR) is 66.5 cm³/mol. The van der Waals surface area contributed by atoms with E-state index >= 15 is 0 Å².